The molecule has 0 radical (unpaired) electrons. The van der Waals surface area contributed by atoms with Crippen LogP contribution in [0.5, 0.6) is 0 Å². The summed E-state index contributed by atoms with van der Waals surface area (Å²) in [5, 5.41) is 3.21. The number of aromatic nitrogens is 2. The first-order chi connectivity index (χ1) is 11.7. The summed E-state index contributed by atoms with van der Waals surface area (Å²) < 4.78 is 0. The summed E-state index contributed by atoms with van der Waals surface area (Å²) in [5.74, 6) is 2.00. The Bertz CT molecular complexity index is 668. The maximum absolute atomic E-state index is 12.3. The molecule has 1 N–H and O–H groups in total. The van der Waals surface area contributed by atoms with E-state index in [1.165, 1.54) is 0 Å². The number of amides is 1. The van der Waals surface area contributed by atoms with Gasteiger partial charge in [-0.15, -0.1) is 0 Å². The molecule has 1 aliphatic heterocycles. The Kier molecular flexibility index (Phi) is 5.25. The third kappa shape index (κ3) is 4.22. The molecule has 0 unspecified atom stereocenters. The SMILES string of the molecule is Cc1cccc(NCCC(=O)N2CCN(c3ccccn3)CC2)n1. The summed E-state index contributed by atoms with van der Waals surface area (Å²) in [5.41, 5.74) is 0.969. The fourth-order valence-electron chi connectivity index (χ4n) is 2.82. The predicted molar refractivity (Wildman–Crippen MR) is 95.1 cm³/mol. The molecule has 1 fully saturated rings. The van der Waals surface area contributed by atoms with Crippen molar-refractivity contribution in [2.24, 2.45) is 0 Å². The summed E-state index contributed by atoms with van der Waals surface area (Å²) in [7, 11) is 0. The first-order valence-electron chi connectivity index (χ1n) is 8.34. The molecule has 126 valence electrons. The zero-order chi connectivity index (χ0) is 16.8. The normalized spacial score (nSPS) is 14.5. The number of anilines is 2. The third-order valence-electron chi connectivity index (χ3n) is 4.14. The molecule has 1 amide bonds. The molecular formula is C18H23N5O. The maximum atomic E-state index is 12.3. The zero-order valence-electron chi connectivity index (χ0n) is 14.0. The fourth-order valence-corrected chi connectivity index (χ4v) is 2.82. The molecule has 0 aromatic carbocycles. The number of nitrogens with one attached hydrogen (secondary N) is 1. The topological polar surface area (TPSA) is 61.4 Å². The van der Waals surface area contributed by atoms with Crippen molar-refractivity contribution in [3.63, 3.8) is 0 Å². The zero-order valence-corrected chi connectivity index (χ0v) is 14.0. The second kappa shape index (κ2) is 7.77. The summed E-state index contributed by atoms with van der Waals surface area (Å²) >= 11 is 0. The minimum absolute atomic E-state index is 0.191. The molecule has 2 aromatic heterocycles. The minimum Gasteiger partial charge on any atom is -0.370 e. The minimum atomic E-state index is 0.191. The monoisotopic (exact) mass is 325 g/mol. The van der Waals surface area contributed by atoms with Gasteiger partial charge < -0.3 is 15.1 Å². The summed E-state index contributed by atoms with van der Waals surface area (Å²) in [6.07, 6.45) is 2.29. The van der Waals surface area contributed by atoms with E-state index < -0.39 is 0 Å². The molecule has 1 aliphatic rings. The highest BCUT2D eigenvalue weighted by atomic mass is 16.2. The Labute approximate surface area is 142 Å². The first kappa shape index (κ1) is 16.2. The lowest BCUT2D eigenvalue weighted by molar-refractivity contribution is -0.131. The van der Waals surface area contributed by atoms with Crippen molar-refractivity contribution in [1.82, 2.24) is 14.9 Å². The molecule has 0 aliphatic carbocycles. The number of nitrogens with zero attached hydrogens (tertiary/aromatic N) is 4. The molecular weight excluding hydrogens is 302 g/mol. The van der Waals surface area contributed by atoms with Crippen molar-refractivity contribution in [2.45, 2.75) is 13.3 Å². The average Bonchev–Trinajstić information content (AvgIpc) is 2.63. The molecule has 0 atom stereocenters. The van der Waals surface area contributed by atoms with Gasteiger partial charge in [0, 0.05) is 51.0 Å². The molecule has 3 heterocycles. The molecule has 0 saturated carbocycles. The highest BCUT2D eigenvalue weighted by Gasteiger charge is 2.21. The van der Waals surface area contributed by atoms with Gasteiger partial charge in [0.25, 0.3) is 0 Å². The number of carbonyl (C=O) groups is 1. The van der Waals surface area contributed by atoms with Gasteiger partial charge in [-0.3, -0.25) is 4.79 Å². The summed E-state index contributed by atoms with van der Waals surface area (Å²) in [6, 6.07) is 11.8. The van der Waals surface area contributed by atoms with Crippen LogP contribution in [0.25, 0.3) is 0 Å². The van der Waals surface area contributed by atoms with Crippen molar-refractivity contribution >= 4 is 17.5 Å². The van der Waals surface area contributed by atoms with E-state index in [2.05, 4.69) is 20.2 Å². The molecule has 0 spiro atoms. The van der Waals surface area contributed by atoms with Crippen LogP contribution >= 0.6 is 0 Å². The predicted octanol–water partition coefficient (Wildman–Crippen LogP) is 1.94. The van der Waals surface area contributed by atoms with E-state index in [1.807, 2.05) is 48.2 Å². The number of piperazine rings is 1. The van der Waals surface area contributed by atoms with Gasteiger partial charge in [-0.05, 0) is 31.2 Å². The molecule has 3 rings (SSSR count). The van der Waals surface area contributed by atoms with Gasteiger partial charge >= 0.3 is 0 Å². The van der Waals surface area contributed by atoms with E-state index >= 15 is 0 Å². The largest absolute Gasteiger partial charge is 0.370 e. The molecule has 6 heteroatoms. The van der Waals surface area contributed by atoms with Gasteiger partial charge in [-0.2, -0.15) is 0 Å². The second-order valence-electron chi connectivity index (χ2n) is 5.90. The van der Waals surface area contributed by atoms with Crippen LogP contribution in [-0.4, -0.2) is 53.5 Å². The summed E-state index contributed by atoms with van der Waals surface area (Å²) in [6.45, 7) is 5.72. The van der Waals surface area contributed by atoms with Crippen LogP contribution in [0.1, 0.15) is 12.1 Å². The smallest absolute Gasteiger partial charge is 0.224 e. The Balaban J connectivity index is 1.42. The number of aryl methyl sites for hydroxylation is 1. The van der Waals surface area contributed by atoms with Crippen molar-refractivity contribution in [2.75, 3.05) is 42.9 Å². The van der Waals surface area contributed by atoms with Crippen LogP contribution in [-0.2, 0) is 4.79 Å². The van der Waals surface area contributed by atoms with Gasteiger partial charge in [0.1, 0.15) is 11.6 Å². The first-order valence-corrected chi connectivity index (χ1v) is 8.34. The highest BCUT2D eigenvalue weighted by molar-refractivity contribution is 5.77. The number of rotatable bonds is 5. The van der Waals surface area contributed by atoms with Crippen molar-refractivity contribution in [3.8, 4) is 0 Å². The Morgan fingerprint density at radius 3 is 2.67 bits per heavy atom. The number of carbonyl (C=O) groups excluding carboxylic acids is 1. The molecule has 2 aromatic rings. The van der Waals surface area contributed by atoms with E-state index in [0.29, 0.717) is 13.0 Å². The molecule has 6 nitrogen and oxygen atoms in total. The lowest BCUT2D eigenvalue weighted by Gasteiger charge is -2.35. The van der Waals surface area contributed by atoms with Crippen molar-refractivity contribution < 1.29 is 4.79 Å². The van der Waals surface area contributed by atoms with Crippen molar-refractivity contribution in [3.05, 3.63) is 48.3 Å². The average molecular weight is 325 g/mol. The third-order valence-corrected chi connectivity index (χ3v) is 4.14. The Morgan fingerprint density at radius 1 is 1.12 bits per heavy atom. The summed E-state index contributed by atoms with van der Waals surface area (Å²) in [4.78, 5) is 25.2. The van der Waals surface area contributed by atoms with Gasteiger partial charge in [-0.1, -0.05) is 12.1 Å². The van der Waals surface area contributed by atoms with Crippen LogP contribution in [0.2, 0.25) is 0 Å². The Hall–Kier alpha value is -2.63. The number of hydrogen-bond donors (Lipinski definition) is 1. The number of pyridine rings is 2. The van der Waals surface area contributed by atoms with Crippen molar-refractivity contribution in [1.29, 1.82) is 0 Å². The van der Waals surface area contributed by atoms with E-state index in [-0.39, 0.29) is 5.91 Å². The lowest BCUT2D eigenvalue weighted by atomic mass is 10.2. The van der Waals surface area contributed by atoms with E-state index in [1.54, 1.807) is 6.20 Å². The van der Waals surface area contributed by atoms with Crippen LogP contribution < -0.4 is 10.2 Å². The van der Waals surface area contributed by atoms with Gasteiger partial charge in [-0.25, -0.2) is 9.97 Å². The molecule has 0 bridgehead atoms. The molecule has 1 saturated heterocycles. The van der Waals surface area contributed by atoms with E-state index in [4.69, 9.17) is 0 Å². The quantitative estimate of drug-likeness (QED) is 0.910. The van der Waals surface area contributed by atoms with E-state index in [9.17, 15) is 4.79 Å². The Morgan fingerprint density at radius 2 is 1.96 bits per heavy atom. The van der Waals surface area contributed by atoms with Crippen LogP contribution in [0.15, 0.2) is 42.6 Å². The fraction of sp³-hybridized carbons (Fsp3) is 0.389. The maximum Gasteiger partial charge on any atom is 0.224 e. The standard InChI is InChI=1S/C18H23N5O/c1-15-5-4-6-16(21-15)19-10-8-18(24)23-13-11-22(12-14-23)17-7-2-3-9-20-17/h2-7,9H,8,10-14H2,1H3,(H,19,21). The second-order valence-corrected chi connectivity index (χ2v) is 5.90. The van der Waals surface area contributed by atoms with Crippen LogP contribution in [0.4, 0.5) is 11.6 Å². The molecule has 24 heavy (non-hydrogen) atoms. The van der Waals surface area contributed by atoms with Gasteiger partial charge in [0.2, 0.25) is 5.91 Å². The highest BCUT2D eigenvalue weighted by Crippen LogP contribution is 2.13. The van der Waals surface area contributed by atoms with Gasteiger partial charge in [0.05, 0.1) is 0 Å². The van der Waals surface area contributed by atoms with Crippen LogP contribution in [0.3, 0.4) is 0 Å². The van der Waals surface area contributed by atoms with E-state index in [0.717, 1.165) is 43.5 Å². The van der Waals surface area contributed by atoms with Crippen LogP contribution in [0, 0.1) is 6.92 Å². The lowest BCUT2D eigenvalue weighted by Crippen LogP contribution is -2.49. The van der Waals surface area contributed by atoms with Gasteiger partial charge in [0.15, 0.2) is 0 Å². The number of hydrogen-bond acceptors (Lipinski definition) is 5.